The first-order valence-corrected chi connectivity index (χ1v) is 15.5. The molecule has 10 heteroatoms. The largest absolute Gasteiger partial charge is 0.444 e. The summed E-state index contributed by atoms with van der Waals surface area (Å²) in [5.41, 5.74) is 3.66. The number of amides is 4. The smallest absolute Gasteiger partial charge is 0.412 e. The topological polar surface area (TPSA) is 135 Å². The van der Waals surface area contributed by atoms with Crippen molar-refractivity contribution in [1.29, 1.82) is 0 Å². The Morgan fingerprint density at radius 2 is 1.35 bits per heavy atom. The number of rotatable bonds is 13. The highest BCUT2D eigenvalue weighted by molar-refractivity contribution is 5.91. The summed E-state index contributed by atoms with van der Waals surface area (Å²) in [6.45, 7) is 11.3. The van der Waals surface area contributed by atoms with Gasteiger partial charge < -0.3 is 30.7 Å². The molecule has 0 aliphatic heterocycles. The minimum atomic E-state index is -1.04. The molecule has 3 aromatic carbocycles. The number of carbonyl (C=O) groups excluding carboxylic acids is 4. The summed E-state index contributed by atoms with van der Waals surface area (Å²) in [5.74, 6) is -0.503. The summed E-state index contributed by atoms with van der Waals surface area (Å²) in [7, 11) is 0. The Morgan fingerprint density at radius 1 is 0.761 bits per heavy atom. The number of aryl methyl sites for hydroxylation is 3. The van der Waals surface area contributed by atoms with Gasteiger partial charge in [0.25, 0.3) is 0 Å². The molecule has 0 aromatic heterocycles. The molecule has 0 fully saturated rings. The molecule has 4 amide bonds. The Labute approximate surface area is 271 Å². The van der Waals surface area contributed by atoms with Gasteiger partial charge in [-0.15, -0.1) is 0 Å². The molecule has 4 N–H and O–H groups in total. The summed E-state index contributed by atoms with van der Waals surface area (Å²) < 4.78 is 10.9. The van der Waals surface area contributed by atoms with Crippen molar-refractivity contribution < 1.29 is 28.7 Å². The standard InChI is InChI=1S/C36H46N4O6/c1-24-20-29(45-34(43)38-23-28-16-11-8-12-17-28)21-25(2)30(24)22-31(40-35(44)46-36(4,5)6)33(42)39-26(3)32(41)37-19-13-18-27-14-9-7-10-15-27/h7-12,14-17,20-21,26,31H,13,18-19,22-23H2,1-6H3,(H,37,41)(H,38,43)(H,39,42)(H,40,44)/t26-,31-/m1/s1. The summed E-state index contributed by atoms with van der Waals surface area (Å²) in [4.78, 5) is 51.4. The highest BCUT2D eigenvalue weighted by atomic mass is 16.6. The van der Waals surface area contributed by atoms with Crippen LogP contribution in [-0.2, 0) is 33.7 Å². The minimum Gasteiger partial charge on any atom is -0.444 e. The van der Waals surface area contributed by atoms with E-state index in [9.17, 15) is 19.2 Å². The number of ether oxygens (including phenoxy) is 2. The van der Waals surface area contributed by atoms with E-state index in [0.29, 0.717) is 18.8 Å². The highest BCUT2D eigenvalue weighted by Crippen LogP contribution is 2.24. The molecule has 0 aliphatic carbocycles. The molecule has 10 nitrogen and oxygen atoms in total. The quantitative estimate of drug-likeness (QED) is 0.190. The maximum Gasteiger partial charge on any atom is 0.412 e. The second kappa shape index (κ2) is 17.0. The van der Waals surface area contributed by atoms with Crippen LogP contribution < -0.4 is 26.0 Å². The van der Waals surface area contributed by atoms with Crippen LogP contribution in [0.1, 0.15) is 61.9 Å². The van der Waals surface area contributed by atoms with Crippen molar-refractivity contribution in [2.24, 2.45) is 0 Å². The third kappa shape index (κ3) is 12.3. The summed E-state index contributed by atoms with van der Waals surface area (Å²) >= 11 is 0. The lowest BCUT2D eigenvalue weighted by Gasteiger charge is -2.25. The molecule has 46 heavy (non-hydrogen) atoms. The molecule has 0 heterocycles. The van der Waals surface area contributed by atoms with E-state index in [-0.39, 0.29) is 12.3 Å². The summed E-state index contributed by atoms with van der Waals surface area (Å²) in [5, 5.41) is 11.0. The van der Waals surface area contributed by atoms with Crippen LogP contribution in [0.15, 0.2) is 72.8 Å². The second-order valence-electron chi connectivity index (χ2n) is 12.3. The molecule has 0 saturated carbocycles. The molecule has 0 bridgehead atoms. The van der Waals surface area contributed by atoms with Crippen molar-refractivity contribution >= 4 is 24.0 Å². The zero-order valence-corrected chi connectivity index (χ0v) is 27.6. The zero-order valence-electron chi connectivity index (χ0n) is 27.6. The molecule has 0 spiro atoms. The minimum absolute atomic E-state index is 0.120. The molecule has 2 atom stereocenters. The fraction of sp³-hybridized carbons (Fsp3) is 0.389. The maximum absolute atomic E-state index is 13.5. The molecular formula is C36H46N4O6. The van der Waals surface area contributed by atoms with E-state index in [4.69, 9.17) is 9.47 Å². The van der Waals surface area contributed by atoms with Crippen LogP contribution in [0.2, 0.25) is 0 Å². The van der Waals surface area contributed by atoms with Gasteiger partial charge in [0.1, 0.15) is 23.4 Å². The molecule has 0 unspecified atom stereocenters. The Hall–Kier alpha value is -4.86. The molecule has 3 aromatic rings. The molecule has 0 saturated heterocycles. The van der Waals surface area contributed by atoms with Gasteiger partial charge in [-0.25, -0.2) is 9.59 Å². The number of alkyl carbamates (subject to hydrolysis) is 1. The summed E-state index contributed by atoms with van der Waals surface area (Å²) in [6, 6.07) is 21.0. The van der Waals surface area contributed by atoms with Crippen LogP contribution in [0.4, 0.5) is 9.59 Å². The average Bonchev–Trinajstić information content (AvgIpc) is 2.99. The van der Waals surface area contributed by atoms with E-state index >= 15 is 0 Å². The highest BCUT2D eigenvalue weighted by Gasteiger charge is 2.28. The molecule has 0 aliphatic rings. The number of nitrogens with one attached hydrogen (secondary N) is 4. The molecular weight excluding hydrogens is 584 g/mol. The first-order chi connectivity index (χ1) is 21.8. The number of carbonyl (C=O) groups is 4. The van der Waals surface area contributed by atoms with Crippen LogP contribution in [0.5, 0.6) is 5.75 Å². The third-order valence-electron chi connectivity index (χ3n) is 7.11. The van der Waals surface area contributed by atoms with Crippen LogP contribution in [0, 0.1) is 13.8 Å². The van der Waals surface area contributed by atoms with E-state index in [2.05, 4.69) is 21.3 Å². The summed E-state index contributed by atoms with van der Waals surface area (Å²) in [6.07, 6.45) is 0.355. The van der Waals surface area contributed by atoms with Gasteiger partial charge in [0.15, 0.2) is 0 Å². The van der Waals surface area contributed by atoms with Crippen molar-refractivity contribution in [2.75, 3.05) is 6.54 Å². The van der Waals surface area contributed by atoms with Crippen LogP contribution in [0.25, 0.3) is 0 Å². The maximum atomic E-state index is 13.5. The van der Waals surface area contributed by atoms with E-state index in [1.165, 1.54) is 5.56 Å². The molecule has 3 rings (SSSR count). The Balaban J connectivity index is 1.64. The first kappa shape index (κ1) is 35.6. The lowest BCUT2D eigenvalue weighted by Crippen LogP contribution is -2.54. The van der Waals surface area contributed by atoms with Crippen LogP contribution >= 0.6 is 0 Å². The van der Waals surface area contributed by atoms with Crippen LogP contribution in [0.3, 0.4) is 0 Å². The Bertz CT molecular complexity index is 1450. The van der Waals surface area contributed by atoms with E-state index in [1.807, 2.05) is 74.5 Å². The van der Waals surface area contributed by atoms with Gasteiger partial charge in [-0.3, -0.25) is 9.59 Å². The SMILES string of the molecule is Cc1cc(OC(=O)NCc2ccccc2)cc(C)c1C[C@@H](NC(=O)OC(C)(C)C)C(=O)N[C@H](C)C(=O)NCCCc1ccccc1. The fourth-order valence-electron chi connectivity index (χ4n) is 4.79. The predicted octanol–water partition coefficient (Wildman–Crippen LogP) is 5.28. The fourth-order valence-corrected chi connectivity index (χ4v) is 4.79. The predicted molar refractivity (Wildman–Crippen MR) is 177 cm³/mol. The molecule has 246 valence electrons. The van der Waals surface area contributed by atoms with E-state index < -0.39 is 35.8 Å². The van der Waals surface area contributed by atoms with Crippen molar-refractivity contribution in [1.82, 2.24) is 21.3 Å². The normalized spacial score (nSPS) is 12.3. The van der Waals surface area contributed by atoms with E-state index in [0.717, 1.165) is 35.1 Å². The van der Waals surface area contributed by atoms with Gasteiger partial charge in [-0.1, -0.05) is 60.7 Å². The van der Waals surface area contributed by atoms with Gasteiger partial charge in [0.2, 0.25) is 11.8 Å². The lowest BCUT2D eigenvalue weighted by atomic mass is 9.95. The monoisotopic (exact) mass is 630 g/mol. The van der Waals surface area contributed by atoms with E-state index in [1.54, 1.807) is 39.8 Å². The lowest BCUT2D eigenvalue weighted by molar-refractivity contribution is -0.129. The number of benzene rings is 3. The Kier molecular flexibility index (Phi) is 13.2. The van der Waals surface area contributed by atoms with Gasteiger partial charge >= 0.3 is 12.2 Å². The van der Waals surface area contributed by atoms with Gasteiger partial charge in [-0.05, 0) is 94.3 Å². The van der Waals surface area contributed by atoms with Crippen molar-refractivity contribution in [3.05, 3.63) is 101 Å². The van der Waals surface area contributed by atoms with Crippen molar-refractivity contribution in [2.45, 2.75) is 85.0 Å². The average molecular weight is 631 g/mol. The Morgan fingerprint density at radius 3 is 1.93 bits per heavy atom. The number of hydrogen-bond donors (Lipinski definition) is 4. The van der Waals surface area contributed by atoms with Gasteiger partial charge in [0, 0.05) is 19.5 Å². The van der Waals surface area contributed by atoms with Gasteiger partial charge in [0.05, 0.1) is 0 Å². The second-order valence-corrected chi connectivity index (χ2v) is 12.3. The van der Waals surface area contributed by atoms with Gasteiger partial charge in [-0.2, -0.15) is 0 Å². The first-order valence-electron chi connectivity index (χ1n) is 15.5. The van der Waals surface area contributed by atoms with Crippen molar-refractivity contribution in [3.63, 3.8) is 0 Å². The number of hydrogen-bond acceptors (Lipinski definition) is 6. The van der Waals surface area contributed by atoms with Crippen LogP contribution in [-0.4, -0.2) is 48.2 Å². The molecule has 0 radical (unpaired) electrons. The van der Waals surface area contributed by atoms with Crippen molar-refractivity contribution in [3.8, 4) is 5.75 Å². The zero-order chi connectivity index (χ0) is 33.7. The third-order valence-corrected chi connectivity index (χ3v) is 7.11.